The fourth-order valence-electron chi connectivity index (χ4n) is 1.88. The van der Waals surface area contributed by atoms with E-state index in [0.29, 0.717) is 23.3 Å². The standard InChI is InChI=1S/C12H8O4/c13-8-5-6-15-11-7-3-1-2-4-9(7)16-12(14)10(8)11/h1-4H,5-6H2. The van der Waals surface area contributed by atoms with Gasteiger partial charge in [0.05, 0.1) is 12.0 Å². The van der Waals surface area contributed by atoms with E-state index < -0.39 is 5.63 Å². The van der Waals surface area contributed by atoms with Crippen LogP contribution < -0.4 is 10.4 Å². The van der Waals surface area contributed by atoms with Crippen molar-refractivity contribution in [2.75, 3.05) is 6.61 Å². The maximum absolute atomic E-state index is 11.6. The molecule has 0 bridgehead atoms. The Morgan fingerprint density at radius 2 is 1.94 bits per heavy atom. The second-order valence-corrected chi connectivity index (χ2v) is 3.61. The minimum atomic E-state index is -0.613. The van der Waals surface area contributed by atoms with Gasteiger partial charge in [0.25, 0.3) is 0 Å². The summed E-state index contributed by atoms with van der Waals surface area (Å²) in [5, 5.41) is 0.671. The molecular weight excluding hydrogens is 208 g/mol. The van der Waals surface area contributed by atoms with E-state index in [2.05, 4.69) is 0 Å². The van der Waals surface area contributed by atoms with E-state index in [-0.39, 0.29) is 17.8 Å². The van der Waals surface area contributed by atoms with Gasteiger partial charge >= 0.3 is 5.63 Å². The minimum Gasteiger partial charge on any atom is -0.491 e. The molecule has 16 heavy (non-hydrogen) atoms. The molecule has 0 spiro atoms. The van der Waals surface area contributed by atoms with Gasteiger partial charge in [0, 0.05) is 6.42 Å². The molecule has 4 nitrogen and oxygen atoms in total. The summed E-state index contributed by atoms with van der Waals surface area (Å²) >= 11 is 0. The van der Waals surface area contributed by atoms with Crippen molar-refractivity contribution in [2.24, 2.45) is 0 Å². The molecule has 4 heteroatoms. The Morgan fingerprint density at radius 3 is 2.81 bits per heavy atom. The van der Waals surface area contributed by atoms with Crippen molar-refractivity contribution >= 4 is 16.8 Å². The number of hydrogen-bond acceptors (Lipinski definition) is 4. The van der Waals surface area contributed by atoms with Crippen molar-refractivity contribution < 1.29 is 13.9 Å². The Morgan fingerprint density at radius 1 is 1.12 bits per heavy atom. The third kappa shape index (κ3) is 1.16. The Labute approximate surface area is 90.4 Å². The second-order valence-electron chi connectivity index (χ2n) is 3.61. The molecule has 2 aromatic rings. The van der Waals surface area contributed by atoms with Crippen LogP contribution in [-0.4, -0.2) is 12.4 Å². The first kappa shape index (κ1) is 9.15. The molecule has 0 atom stereocenters. The molecule has 0 unspecified atom stereocenters. The van der Waals surface area contributed by atoms with Gasteiger partial charge in [-0.1, -0.05) is 12.1 Å². The van der Waals surface area contributed by atoms with Crippen LogP contribution in [0.3, 0.4) is 0 Å². The zero-order valence-electron chi connectivity index (χ0n) is 8.36. The van der Waals surface area contributed by atoms with Gasteiger partial charge in [-0.25, -0.2) is 4.79 Å². The number of hydrogen-bond donors (Lipinski definition) is 0. The Kier molecular flexibility index (Phi) is 1.83. The van der Waals surface area contributed by atoms with Crippen molar-refractivity contribution in [3.8, 4) is 5.75 Å². The number of ketones is 1. The number of benzene rings is 1. The van der Waals surface area contributed by atoms with Gasteiger partial charge in [-0.15, -0.1) is 0 Å². The highest BCUT2D eigenvalue weighted by molar-refractivity contribution is 6.03. The molecule has 1 aromatic carbocycles. The summed E-state index contributed by atoms with van der Waals surface area (Å²) in [6, 6.07) is 7.03. The van der Waals surface area contributed by atoms with Crippen LogP contribution in [0.5, 0.6) is 5.75 Å². The lowest BCUT2D eigenvalue weighted by atomic mass is 10.0. The SMILES string of the molecule is O=C1CCOc2c1c(=O)oc1ccccc21. The predicted octanol–water partition coefficient (Wildman–Crippen LogP) is 1.76. The molecule has 80 valence electrons. The van der Waals surface area contributed by atoms with Crippen LogP contribution in [0.2, 0.25) is 0 Å². The molecule has 0 amide bonds. The van der Waals surface area contributed by atoms with Crippen molar-refractivity contribution in [3.63, 3.8) is 0 Å². The maximum Gasteiger partial charge on any atom is 0.351 e. The first-order valence-corrected chi connectivity index (χ1v) is 4.99. The summed E-state index contributed by atoms with van der Waals surface area (Å²) in [6.45, 7) is 0.319. The van der Waals surface area contributed by atoms with Gasteiger partial charge in [0.15, 0.2) is 5.78 Å². The van der Waals surface area contributed by atoms with Gasteiger partial charge in [0.1, 0.15) is 16.9 Å². The Bertz CT molecular complexity index is 639. The van der Waals surface area contributed by atoms with Gasteiger partial charge in [-0.05, 0) is 12.1 Å². The van der Waals surface area contributed by atoms with Crippen LogP contribution in [0.15, 0.2) is 33.5 Å². The molecular formula is C12H8O4. The molecule has 3 rings (SSSR count). The smallest absolute Gasteiger partial charge is 0.351 e. The first-order valence-electron chi connectivity index (χ1n) is 4.99. The second kappa shape index (κ2) is 3.20. The maximum atomic E-state index is 11.6. The number of ether oxygens (including phenoxy) is 1. The lowest BCUT2D eigenvalue weighted by molar-refractivity contribution is 0.0929. The highest BCUT2D eigenvalue weighted by Gasteiger charge is 2.25. The molecule has 0 radical (unpaired) electrons. The van der Waals surface area contributed by atoms with E-state index in [0.717, 1.165) is 0 Å². The van der Waals surface area contributed by atoms with E-state index >= 15 is 0 Å². The summed E-state index contributed by atoms with van der Waals surface area (Å²) in [5.74, 6) is 0.156. The average molecular weight is 216 g/mol. The molecule has 0 saturated heterocycles. The topological polar surface area (TPSA) is 56.5 Å². The van der Waals surface area contributed by atoms with Crippen LogP contribution in [0, 0.1) is 0 Å². The van der Waals surface area contributed by atoms with Crippen molar-refractivity contribution in [1.82, 2.24) is 0 Å². The number of carbonyl (C=O) groups excluding carboxylic acids is 1. The zero-order valence-corrected chi connectivity index (χ0v) is 8.36. The van der Waals surface area contributed by atoms with Gasteiger partial charge in [0.2, 0.25) is 0 Å². The lowest BCUT2D eigenvalue weighted by Crippen LogP contribution is -2.23. The van der Waals surface area contributed by atoms with Crippen LogP contribution in [0.25, 0.3) is 11.0 Å². The van der Waals surface area contributed by atoms with Crippen LogP contribution >= 0.6 is 0 Å². The molecule has 1 aliphatic rings. The summed E-state index contributed by atoms with van der Waals surface area (Å²) in [4.78, 5) is 23.2. The predicted molar refractivity (Wildman–Crippen MR) is 56.9 cm³/mol. The van der Waals surface area contributed by atoms with Crippen molar-refractivity contribution in [3.05, 3.63) is 40.2 Å². The van der Waals surface area contributed by atoms with Gasteiger partial charge in [-0.2, -0.15) is 0 Å². The van der Waals surface area contributed by atoms with Crippen LogP contribution in [-0.2, 0) is 0 Å². The minimum absolute atomic E-state index is 0.0462. The third-order valence-electron chi connectivity index (χ3n) is 2.62. The first-order chi connectivity index (χ1) is 7.77. The van der Waals surface area contributed by atoms with E-state index in [9.17, 15) is 9.59 Å². The Balaban J connectivity index is 2.48. The Hall–Kier alpha value is -2.10. The average Bonchev–Trinajstić information content (AvgIpc) is 2.29. The van der Waals surface area contributed by atoms with E-state index in [4.69, 9.17) is 9.15 Å². The fourth-order valence-corrected chi connectivity index (χ4v) is 1.88. The summed E-state index contributed by atoms with van der Waals surface area (Å²) in [6.07, 6.45) is 0.232. The lowest BCUT2D eigenvalue weighted by Gasteiger charge is -2.16. The summed E-state index contributed by atoms with van der Waals surface area (Å²) in [7, 11) is 0. The van der Waals surface area contributed by atoms with Crippen LogP contribution in [0.1, 0.15) is 16.8 Å². The number of carbonyl (C=O) groups is 1. The summed E-state index contributed by atoms with van der Waals surface area (Å²) < 4.78 is 10.5. The third-order valence-corrected chi connectivity index (χ3v) is 2.62. The van der Waals surface area contributed by atoms with E-state index in [1.54, 1.807) is 18.2 Å². The molecule has 1 aliphatic heterocycles. The highest BCUT2D eigenvalue weighted by Crippen LogP contribution is 2.30. The molecule has 0 aliphatic carbocycles. The molecule has 0 N–H and O–H groups in total. The number of fused-ring (bicyclic) bond motifs is 3. The van der Waals surface area contributed by atoms with Gasteiger partial charge < -0.3 is 9.15 Å². The van der Waals surface area contributed by atoms with Gasteiger partial charge in [-0.3, -0.25) is 4.79 Å². The zero-order chi connectivity index (χ0) is 11.1. The van der Waals surface area contributed by atoms with E-state index in [1.165, 1.54) is 0 Å². The van der Waals surface area contributed by atoms with Crippen LogP contribution in [0.4, 0.5) is 0 Å². The fraction of sp³-hybridized carbons (Fsp3) is 0.167. The quantitative estimate of drug-likeness (QED) is 0.629. The number of rotatable bonds is 0. The highest BCUT2D eigenvalue weighted by atomic mass is 16.5. The molecule has 0 saturated carbocycles. The number of para-hydroxylation sites is 1. The summed E-state index contributed by atoms with van der Waals surface area (Å²) in [5.41, 5.74) is -0.121. The number of Topliss-reactive ketones (excluding diaryl/α,β-unsaturated/α-hetero) is 1. The largest absolute Gasteiger partial charge is 0.491 e. The normalized spacial score (nSPS) is 14.6. The molecule has 1 aromatic heterocycles. The molecule has 0 fully saturated rings. The molecule has 2 heterocycles. The van der Waals surface area contributed by atoms with Crippen molar-refractivity contribution in [1.29, 1.82) is 0 Å². The monoisotopic (exact) mass is 216 g/mol. The van der Waals surface area contributed by atoms with Crippen molar-refractivity contribution in [2.45, 2.75) is 6.42 Å². The van der Waals surface area contributed by atoms with E-state index in [1.807, 2.05) is 6.07 Å².